The van der Waals surface area contributed by atoms with Crippen molar-refractivity contribution in [3.8, 4) is 17.2 Å². The molecule has 2 saturated heterocycles. The predicted octanol–water partition coefficient (Wildman–Crippen LogP) is 4.06. The van der Waals surface area contributed by atoms with Crippen LogP contribution in [0.25, 0.3) is 32.1 Å². The van der Waals surface area contributed by atoms with Crippen LogP contribution in [0.2, 0.25) is 0 Å². The van der Waals surface area contributed by atoms with Gasteiger partial charge in [0.05, 0.1) is 24.2 Å². The number of thiophene rings is 1. The normalized spacial score (nSPS) is 20.2. The predicted molar refractivity (Wildman–Crippen MR) is 162 cm³/mol. The van der Waals surface area contributed by atoms with Crippen molar-refractivity contribution in [3.05, 3.63) is 40.5 Å². The monoisotopic (exact) mass is 604 g/mol. The van der Waals surface area contributed by atoms with Crippen molar-refractivity contribution in [2.24, 2.45) is 0 Å². The average Bonchev–Trinajstić information content (AvgIpc) is 3.78. The SMILES string of the molecule is CN1CC[C@@H](Nc2nc(N3CC[C@H](N(C)C)C3)nc3c(F)c(-c4c(F)ccc5sc(N)c(C#N)c45)c4c(c23)COC4)C1=O. The van der Waals surface area contributed by atoms with Gasteiger partial charge in [-0.05, 0) is 50.2 Å². The van der Waals surface area contributed by atoms with Gasteiger partial charge < -0.3 is 30.5 Å². The van der Waals surface area contributed by atoms with Crippen molar-refractivity contribution in [1.29, 1.82) is 5.26 Å². The lowest BCUT2D eigenvalue weighted by Crippen LogP contribution is -2.33. The van der Waals surface area contributed by atoms with Crippen molar-refractivity contribution in [2.75, 3.05) is 56.7 Å². The maximum absolute atomic E-state index is 17.1. The Hall–Kier alpha value is -4.12. The number of amides is 1. The lowest BCUT2D eigenvalue weighted by Gasteiger charge is -2.23. The van der Waals surface area contributed by atoms with Gasteiger partial charge in [-0.2, -0.15) is 10.2 Å². The Morgan fingerprint density at radius 2 is 1.93 bits per heavy atom. The molecule has 13 heteroatoms. The molecule has 43 heavy (non-hydrogen) atoms. The highest BCUT2D eigenvalue weighted by Crippen LogP contribution is 2.47. The van der Waals surface area contributed by atoms with Crippen LogP contribution in [0.5, 0.6) is 0 Å². The Kier molecular flexibility index (Phi) is 6.61. The summed E-state index contributed by atoms with van der Waals surface area (Å²) in [5.74, 6) is -0.790. The number of hydrogen-bond acceptors (Lipinski definition) is 10. The minimum absolute atomic E-state index is 0.0111. The second-order valence-corrected chi connectivity index (χ2v) is 12.7. The molecule has 3 aliphatic rings. The molecule has 2 atom stereocenters. The van der Waals surface area contributed by atoms with Crippen molar-refractivity contribution in [1.82, 2.24) is 19.8 Å². The van der Waals surface area contributed by atoms with Crippen LogP contribution in [0.1, 0.15) is 29.5 Å². The first kappa shape index (κ1) is 27.7. The molecule has 4 aromatic rings. The number of benzene rings is 2. The quantitative estimate of drug-likeness (QED) is 0.347. The Morgan fingerprint density at radius 1 is 1.14 bits per heavy atom. The third-order valence-electron chi connectivity index (χ3n) is 8.89. The van der Waals surface area contributed by atoms with E-state index in [4.69, 9.17) is 20.4 Å². The number of likely N-dealkylation sites (tertiary alicyclic amines) is 1. The van der Waals surface area contributed by atoms with E-state index in [1.54, 1.807) is 18.0 Å². The first-order valence-electron chi connectivity index (χ1n) is 14.1. The summed E-state index contributed by atoms with van der Waals surface area (Å²) < 4.78 is 39.3. The van der Waals surface area contributed by atoms with Gasteiger partial charge >= 0.3 is 0 Å². The van der Waals surface area contributed by atoms with Gasteiger partial charge in [-0.1, -0.05) is 0 Å². The number of carbonyl (C=O) groups excluding carboxylic acids is 1. The number of ether oxygens (including phenoxy) is 1. The van der Waals surface area contributed by atoms with Crippen LogP contribution in [0, 0.1) is 23.0 Å². The molecule has 2 aromatic heterocycles. The molecule has 5 heterocycles. The average molecular weight is 605 g/mol. The van der Waals surface area contributed by atoms with Crippen LogP contribution in [0.3, 0.4) is 0 Å². The molecule has 3 N–H and O–H groups in total. The standard InChI is InChI=1S/C30H30F2N8O2S/c1-38(2)14-6-9-40(11-14)30-36-26-23(28(37-30)35-19-7-8-39(3)29(19)41)17-13-42-12-16(17)22(25(26)32)24-18(31)4-5-20-21(24)15(10-33)27(34)43-20/h4-5,14,19H,6-9,11-13,34H2,1-3H3,(H,35,36,37)/t14-,19+/m0/s1. The summed E-state index contributed by atoms with van der Waals surface area (Å²) in [5, 5.41) is 14.1. The molecule has 2 fully saturated rings. The second kappa shape index (κ2) is 10.3. The zero-order valence-corrected chi connectivity index (χ0v) is 24.8. The number of nitrogens with zero attached hydrogens (tertiary/aromatic N) is 6. The van der Waals surface area contributed by atoms with Gasteiger partial charge in [0, 0.05) is 53.9 Å². The number of nitrogen functional groups attached to an aromatic ring is 1. The molecule has 0 aliphatic carbocycles. The van der Waals surface area contributed by atoms with Crippen LogP contribution in [-0.2, 0) is 22.7 Å². The van der Waals surface area contributed by atoms with Crippen molar-refractivity contribution >= 4 is 55.0 Å². The van der Waals surface area contributed by atoms with Gasteiger partial charge in [0.1, 0.15) is 34.3 Å². The van der Waals surface area contributed by atoms with Gasteiger partial charge in [-0.3, -0.25) is 4.79 Å². The van der Waals surface area contributed by atoms with Gasteiger partial charge in [0.2, 0.25) is 11.9 Å². The molecular weight excluding hydrogens is 574 g/mol. The maximum atomic E-state index is 17.1. The Labute approximate surface area is 250 Å². The molecule has 222 valence electrons. The fraction of sp³-hybridized carbons (Fsp3) is 0.400. The fourth-order valence-electron chi connectivity index (χ4n) is 6.53. The maximum Gasteiger partial charge on any atom is 0.244 e. The van der Waals surface area contributed by atoms with E-state index >= 15 is 8.78 Å². The molecule has 0 spiro atoms. The number of halogens is 2. The number of aromatic nitrogens is 2. The van der Waals surface area contributed by atoms with Gasteiger partial charge in [0.25, 0.3) is 0 Å². The lowest BCUT2D eigenvalue weighted by molar-refractivity contribution is -0.127. The van der Waals surface area contributed by atoms with E-state index in [0.29, 0.717) is 59.0 Å². The van der Waals surface area contributed by atoms with E-state index in [2.05, 4.69) is 16.3 Å². The number of rotatable bonds is 5. The molecule has 0 radical (unpaired) electrons. The third-order valence-corrected chi connectivity index (χ3v) is 9.88. The second-order valence-electron chi connectivity index (χ2n) is 11.6. The molecule has 2 aromatic carbocycles. The van der Waals surface area contributed by atoms with E-state index in [-0.39, 0.29) is 57.8 Å². The first-order valence-corrected chi connectivity index (χ1v) is 15.0. The van der Waals surface area contributed by atoms with Crippen LogP contribution in [-0.4, -0.2) is 78.5 Å². The topological polar surface area (TPSA) is 124 Å². The number of anilines is 3. The van der Waals surface area contributed by atoms with Crippen LogP contribution in [0.4, 0.5) is 25.5 Å². The van der Waals surface area contributed by atoms with Crippen molar-refractivity contribution < 1.29 is 18.3 Å². The summed E-state index contributed by atoms with van der Waals surface area (Å²) in [5.41, 5.74) is 7.33. The summed E-state index contributed by atoms with van der Waals surface area (Å²) in [6.07, 6.45) is 1.46. The number of nitrogens with two attached hydrogens (primary N) is 1. The smallest absolute Gasteiger partial charge is 0.244 e. The highest BCUT2D eigenvalue weighted by Gasteiger charge is 2.35. The lowest BCUT2D eigenvalue weighted by atomic mass is 9.90. The summed E-state index contributed by atoms with van der Waals surface area (Å²) >= 11 is 1.16. The zero-order valence-electron chi connectivity index (χ0n) is 24.0. The summed E-state index contributed by atoms with van der Waals surface area (Å²) in [6, 6.07) is 4.65. The number of nitriles is 1. The van der Waals surface area contributed by atoms with E-state index in [1.807, 2.05) is 19.0 Å². The van der Waals surface area contributed by atoms with E-state index in [9.17, 15) is 10.1 Å². The minimum Gasteiger partial charge on any atom is -0.389 e. The molecular formula is C30H30F2N8O2S. The summed E-state index contributed by atoms with van der Waals surface area (Å²) in [6.45, 7) is 2.10. The highest BCUT2D eigenvalue weighted by atomic mass is 32.1. The van der Waals surface area contributed by atoms with E-state index < -0.39 is 17.7 Å². The third kappa shape index (κ3) is 4.27. The van der Waals surface area contributed by atoms with Gasteiger partial charge in [-0.15, -0.1) is 11.3 Å². The molecule has 7 rings (SSSR count). The van der Waals surface area contributed by atoms with Crippen molar-refractivity contribution in [3.63, 3.8) is 0 Å². The molecule has 3 aliphatic heterocycles. The number of likely N-dealkylation sites (N-methyl/N-ethyl adjacent to an activating group) is 2. The molecule has 0 saturated carbocycles. The minimum atomic E-state index is -0.732. The Morgan fingerprint density at radius 3 is 2.63 bits per heavy atom. The molecule has 0 unspecified atom stereocenters. The number of nitrogens with one attached hydrogen (secondary N) is 1. The van der Waals surface area contributed by atoms with Crippen LogP contribution in [0.15, 0.2) is 12.1 Å². The number of hydrogen-bond donors (Lipinski definition) is 2. The Balaban J connectivity index is 1.51. The number of carbonyl (C=O) groups is 1. The summed E-state index contributed by atoms with van der Waals surface area (Å²) in [7, 11) is 5.78. The highest BCUT2D eigenvalue weighted by molar-refractivity contribution is 7.23. The fourth-order valence-corrected chi connectivity index (χ4v) is 7.46. The zero-order chi connectivity index (χ0) is 30.2. The van der Waals surface area contributed by atoms with E-state index in [0.717, 1.165) is 17.8 Å². The Bertz CT molecular complexity index is 1870. The van der Waals surface area contributed by atoms with Crippen molar-refractivity contribution in [2.45, 2.75) is 38.1 Å². The first-order chi connectivity index (χ1) is 20.7. The van der Waals surface area contributed by atoms with E-state index in [1.165, 1.54) is 6.07 Å². The van der Waals surface area contributed by atoms with Crippen LogP contribution >= 0.6 is 11.3 Å². The molecule has 1 amide bonds. The largest absolute Gasteiger partial charge is 0.389 e. The molecule has 10 nitrogen and oxygen atoms in total. The number of fused-ring (bicyclic) bond motifs is 4. The molecule has 0 bridgehead atoms. The van der Waals surface area contributed by atoms with Gasteiger partial charge in [0.15, 0.2) is 5.82 Å². The van der Waals surface area contributed by atoms with Crippen LogP contribution < -0.4 is 16.0 Å². The van der Waals surface area contributed by atoms with Gasteiger partial charge in [-0.25, -0.2) is 13.8 Å². The summed E-state index contributed by atoms with van der Waals surface area (Å²) in [4.78, 5) is 28.3.